The van der Waals surface area contributed by atoms with Crippen LogP contribution in [-0.4, -0.2) is 5.38 Å². The van der Waals surface area contributed by atoms with Crippen molar-refractivity contribution < 1.29 is 0 Å². The molecule has 84 valence electrons. The molecule has 0 amide bonds. The lowest BCUT2D eigenvalue weighted by molar-refractivity contribution is 0.128. The van der Waals surface area contributed by atoms with Crippen molar-refractivity contribution in [1.29, 1.82) is 0 Å². The number of hydrogen-bond acceptors (Lipinski definition) is 0. The van der Waals surface area contributed by atoms with Crippen molar-refractivity contribution in [2.24, 2.45) is 17.3 Å². The van der Waals surface area contributed by atoms with Crippen LogP contribution in [-0.2, 0) is 0 Å². The Morgan fingerprint density at radius 1 is 1.21 bits per heavy atom. The maximum atomic E-state index is 6.15. The summed E-state index contributed by atoms with van der Waals surface area (Å²) >= 11 is 6.15. The van der Waals surface area contributed by atoms with Crippen LogP contribution in [0.4, 0.5) is 0 Å². The van der Waals surface area contributed by atoms with E-state index in [0.717, 1.165) is 11.8 Å². The Balaban J connectivity index is 2.43. The molecule has 0 heterocycles. The first kappa shape index (κ1) is 12.4. The van der Waals surface area contributed by atoms with E-state index in [1.54, 1.807) is 0 Å². The third-order valence-electron chi connectivity index (χ3n) is 4.44. The van der Waals surface area contributed by atoms with Crippen LogP contribution < -0.4 is 0 Å². The Kier molecular flexibility index (Phi) is 4.30. The van der Waals surface area contributed by atoms with E-state index in [4.69, 9.17) is 11.6 Å². The SMILES string of the molecule is CCC(C)(C)C1CCC(C(C)Cl)CC1. The summed E-state index contributed by atoms with van der Waals surface area (Å²) in [6.07, 6.45) is 6.78. The fourth-order valence-corrected chi connectivity index (χ4v) is 2.90. The molecule has 1 aliphatic carbocycles. The van der Waals surface area contributed by atoms with Gasteiger partial charge in [0.2, 0.25) is 0 Å². The van der Waals surface area contributed by atoms with Crippen molar-refractivity contribution in [1.82, 2.24) is 0 Å². The maximum absolute atomic E-state index is 6.15. The predicted molar refractivity (Wildman–Crippen MR) is 64.8 cm³/mol. The fraction of sp³-hybridized carbons (Fsp3) is 1.00. The molecule has 0 aromatic heterocycles. The lowest BCUT2D eigenvalue weighted by atomic mass is 9.67. The van der Waals surface area contributed by atoms with Gasteiger partial charge in [-0.25, -0.2) is 0 Å². The van der Waals surface area contributed by atoms with Crippen LogP contribution in [0.1, 0.15) is 59.8 Å². The monoisotopic (exact) mass is 216 g/mol. The zero-order valence-corrected chi connectivity index (χ0v) is 10.9. The molecule has 0 aromatic carbocycles. The average molecular weight is 217 g/mol. The molecule has 0 nitrogen and oxygen atoms in total. The fourth-order valence-electron chi connectivity index (χ4n) is 2.65. The minimum Gasteiger partial charge on any atom is -0.123 e. The standard InChI is InChI=1S/C13H25Cl/c1-5-13(3,4)12-8-6-11(7-9-12)10(2)14/h10-12H,5-9H2,1-4H3. The summed E-state index contributed by atoms with van der Waals surface area (Å²) in [4.78, 5) is 0. The van der Waals surface area contributed by atoms with Crippen LogP contribution >= 0.6 is 11.6 Å². The third kappa shape index (κ3) is 2.89. The summed E-state index contributed by atoms with van der Waals surface area (Å²) in [7, 11) is 0. The van der Waals surface area contributed by atoms with Crippen LogP contribution in [0.15, 0.2) is 0 Å². The first-order valence-electron chi connectivity index (χ1n) is 6.11. The zero-order chi connectivity index (χ0) is 10.8. The van der Waals surface area contributed by atoms with Crippen LogP contribution in [0.3, 0.4) is 0 Å². The van der Waals surface area contributed by atoms with Crippen molar-refractivity contribution in [2.75, 3.05) is 0 Å². The van der Waals surface area contributed by atoms with Gasteiger partial charge in [0.15, 0.2) is 0 Å². The van der Waals surface area contributed by atoms with Gasteiger partial charge < -0.3 is 0 Å². The smallest absolute Gasteiger partial charge is 0.0336 e. The minimum atomic E-state index is 0.376. The molecule has 0 bridgehead atoms. The van der Waals surface area contributed by atoms with E-state index in [-0.39, 0.29) is 0 Å². The molecule has 0 N–H and O–H groups in total. The van der Waals surface area contributed by atoms with Crippen molar-refractivity contribution >= 4 is 11.6 Å². The van der Waals surface area contributed by atoms with Crippen molar-refractivity contribution in [3.8, 4) is 0 Å². The molecule has 1 unspecified atom stereocenters. The van der Waals surface area contributed by atoms with Gasteiger partial charge in [-0.1, -0.05) is 27.2 Å². The molecule has 1 rings (SSSR count). The van der Waals surface area contributed by atoms with Gasteiger partial charge in [-0.2, -0.15) is 0 Å². The number of alkyl halides is 1. The lowest BCUT2D eigenvalue weighted by Crippen LogP contribution is -2.29. The lowest BCUT2D eigenvalue weighted by Gasteiger charge is -2.39. The Morgan fingerprint density at radius 2 is 1.71 bits per heavy atom. The summed E-state index contributed by atoms with van der Waals surface area (Å²) < 4.78 is 0. The second-order valence-electron chi connectivity index (χ2n) is 5.63. The van der Waals surface area contributed by atoms with Gasteiger partial charge in [0, 0.05) is 5.38 Å². The van der Waals surface area contributed by atoms with Crippen LogP contribution in [0.2, 0.25) is 0 Å². The maximum Gasteiger partial charge on any atom is 0.0336 e. The van der Waals surface area contributed by atoms with E-state index in [1.807, 2.05) is 0 Å². The Hall–Kier alpha value is 0.290. The van der Waals surface area contributed by atoms with Gasteiger partial charge in [-0.05, 0) is 49.9 Å². The second-order valence-corrected chi connectivity index (χ2v) is 6.32. The molecular formula is C13H25Cl. The van der Waals surface area contributed by atoms with E-state index < -0.39 is 0 Å². The van der Waals surface area contributed by atoms with E-state index in [9.17, 15) is 0 Å². The molecule has 1 fully saturated rings. The molecule has 1 heteroatoms. The van der Waals surface area contributed by atoms with Gasteiger partial charge in [0.25, 0.3) is 0 Å². The third-order valence-corrected chi connectivity index (χ3v) is 4.79. The number of hydrogen-bond donors (Lipinski definition) is 0. The summed E-state index contributed by atoms with van der Waals surface area (Å²) in [5, 5.41) is 0.376. The van der Waals surface area contributed by atoms with Gasteiger partial charge in [0.05, 0.1) is 0 Å². The number of halogens is 1. The molecular weight excluding hydrogens is 192 g/mol. The van der Waals surface area contributed by atoms with Crippen LogP contribution in [0, 0.1) is 17.3 Å². The molecule has 1 saturated carbocycles. The molecule has 1 atom stereocenters. The minimum absolute atomic E-state index is 0.376. The first-order chi connectivity index (χ1) is 6.47. The molecule has 0 radical (unpaired) electrons. The molecule has 14 heavy (non-hydrogen) atoms. The van der Waals surface area contributed by atoms with Crippen LogP contribution in [0.5, 0.6) is 0 Å². The average Bonchev–Trinajstić information content (AvgIpc) is 2.18. The van der Waals surface area contributed by atoms with Gasteiger partial charge >= 0.3 is 0 Å². The van der Waals surface area contributed by atoms with E-state index in [0.29, 0.717) is 10.8 Å². The van der Waals surface area contributed by atoms with Gasteiger partial charge in [0.1, 0.15) is 0 Å². The molecule has 0 aromatic rings. The largest absolute Gasteiger partial charge is 0.123 e. The highest BCUT2D eigenvalue weighted by atomic mass is 35.5. The highest BCUT2D eigenvalue weighted by Crippen LogP contribution is 2.43. The predicted octanol–water partition coefficient (Wildman–Crippen LogP) is 4.86. The summed E-state index contributed by atoms with van der Waals surface area (Å²) in [6.45, 7) is 9.30. The Labute approximate surface area is 94.4 Å². The van der Waals surface area contributed by atoms with Gasteiger partial charge in [-0.3, -0.25) is 0 Å². The summed E-state index contributed by atoms with van der Waals surface area (Å²) in [5.41, 5.74) is 0.542. The topological polar surface area (TPSA) is 0 Å². The Bertz CT molecular complexity index is 164. The van der Waals surface area contributed by atoms with E-state index in [2.05, 4.69) is 27.7 Å². The normalized spacial score (nSPS) is 31.5. The second kappa shape index (κ2) is 4.88. The molecule has 0 saturated heterocycles. The summed E-state index contributed by atoms with van der Waals surface area (Å²) in [6, 6.07) is 0. The van der Waals surface area contributed by atoms with Crippen LogP contribution in [0.25, 0.3) is 0 Å². The molecule has 0 spiro atoms. The van der Waals surface area contributed by atoms with Gasteiger partial charge in [-0.15, -0.1) is 11.6 Å². The molecule has 0 aliphatic heterocycles. The number of rotatable bonds is 3. The van der Waals surface area contributed by atoms with E-state index >= 15 is 0 Å². The quantitative estimate of drug-likeness (QED) is 0.592. The van der Waals surface area contributed by atoms with Crippen molar-refractivity contribution in [3.63, 3.8) is 0 Å². The van der Waals surface area contributed by atoms with Crippen molar-refractivity contribution in [2.45, 2.75) is 65.2 Å². The first-order valence-corrected chi connectivity index (χ1v) is 6.55. The molecule has 1 aliphatic rings. The highest BCUT2D eigenvalue weighted by molar-refractivity contribution is 6.20. The summed E-state index contributed by atoms with van der Waals surface area (Å²) in [5.74, 6) is 1.71. The van der Waals surface area contributed by atoms with E-state index in [1.165, 1.54) is 32.1 Å². The highest BCUT2D eigenvalue weighted by Gasteiger charge is 2.32. The Morgan fingerprint density at radius 3 is 2.07 bits per heavy atom. The van der Waals surface area contributed by atoms with Crippen molar-refractivity contribution in [3.05, 3.63) is 0 Å². The zero-order valence-electron chi connectivity index (χ0n) is 10.1.